The number of nitrogens with zero attached hydrogens (tertiary/aromatic N) is 4. The Hall–Kier alpha value is -4.90. The van der Waals surface area contributed by atoms with Crippen LogP contribution in [0.4, 0.5) is 21.5 Å². The molecule has 184 valence electrons. The molecule has 0 saturated carbocycles. The molecule has 1 aliphatic rings. The minimum absolute atomic E-state index is 0.313. The average Bonchev–Trinajstić information content (AvgIpc) is 3.43. The van der Waals surface area contributed by atoms with Crippen molar-refractivity contribution in [3.05, 3.63) is 107 Å². The zero-order chi connectivity index (χ0) is 25.9. The van der Waals surface area contributed by atoms with Crippen LogP contribution in [-0.2, 0) is 11.8 Å². The van der Waals surface area contributed by atoms with E-state index in [0.29, 0.717) is 28.9 Å². The number of nitrogens with one attached hydrogen (secondary N) is 2. The third-order valence-corrected chi connectivity index (χ3v) is 6.02. The lowest BCUT2D eigenvalue weighted by molar-refractivity contribution is -0.112. The quantitative estimate of drug-likeness (QED) is 0.372. The van der Waals surface area contributed by atoms with Gasteiger partial charge in [0.1, 0.15) is 11.5 Å². The SMILES string of the molecule is CC1=CCC=C(C(=O)Nc2ccc(C)c(F)c2)C=C1C#Cc1cnc2c(Nc3cnn(C)c3)cccn12. The van der Waals surface area contributed by atoms with E-state index in [1.165, 1.54) is 6.07 Å². The van der Waals surface area contributed by atoms with Gasteiger partial charge in [-0.3, -0.25) is 13.9 Å². The van der Waals surface area contributed by atoms with E-state index in [4.69, 9.17) is 0 Å². The fourth-order valence-corrected chi connectivity index (χ4v) is 3.94. The highest BCUT2D eigenvalue weighted by atomic mass is 19.1. The Labute approximate surface area is 214 Å². The van der Waals surface area contributed by atoms with Gasteiger partial charge in [0.15, 0.2) is 5.65 Å². The molecule has 37 heavy (non-hydrogen) atoms. The van der Waals surface area contributed by atoms with Crippen LogP contribution in [0.25, 0.3) is 5.65 Å². The molecule has 0 atom stereocenters. The van der Waals surface area contributed by atoms with E-state index >= 15 is 0 Å². The summed E-state index contributed by atoms with van der Waals surface area (Å²) < 4.78 is 17.6. The minimum Gasteiger partial charge on any atom is -0.350 e. The van der Waals surface area contributed by atoms with Gasteiger partial charge in [0.2, 0.25) is 0 Å². The highest BCUT2D eigenvalue weighted by Gasteiger charge is 2.13. The second-order valence-corrected chi connectivity index (χ2v) is 8.79. The smallest absolute Gasteiger partial charge is 0.255 e. The molecule has 7 nitrogen and oxygen atoms in total. The van der Waals surface area contributed by atoms with Gasteiger partial charge in [-0.1, -0.05) is 24.1 Å². The maximum atomic E-state index is 13.9. The summed E-state index contributed by atoms with van der Waals surface area (Å²) in [5.74, 6) is 5.74. The first-order valence-electron chi connectivity index (χ1n) is 11.8. The summed E-state index contributed by atoms with van der Waals surface area (Å²) in [6.45, 7) is 3.65. The third kappa shape index (κ3) is 5.21. The van der Waals surface area contributed by atoms with Crippen LogP contribution in [0.15, 0.2) is 90.1 Å². The van der Waals surface area contributed by atoms with Gasteiger partial charge >= 0.3 is 0 Å². The Balaban J connectivity index is 1.40. The molecule has 0 spiro atoms. The lowest BCUT2D eigenvalue weighted by atomic mass is 10.1. The predicted molar refractivity (Wildman–Crippen MR) is 143 cm³/mol. The Kier molecular flexibility index (Phi) is 6.43. The predicted octanol–water partition coefficient (Wildman–Crippen LogP) is 5.45. The molecule has 1 aliphatic carbocycles. The number of benzene rings is 1. The molecule has 8 heteroatoms. The van der Waals surface area contributed by atoms with Crippen molar-refractivity contribution in [1.29, 1.82) is 0 Å². The van der Waals surface area contributed by atoms with Gasteiger partial charge in [-0.15, -0.1) is 0 Å². The fraction of sp³-hybridized carbons (Fsp3) is 0.138. The van der Waals surface area contributed by atoms with E-state index in [1.54, 1.807) is 42.2 Å². The van der Waals surface area contributed by atoms with Gasteiger partial charge in [-0.2, -0.15) is 5.10 Å². The van der Waals surface area contributed by atoms with Crippen LogP contribution < -0.4 is 10.6 Å². The van der Waals surface area contributed by atoms with E-state index in [9.17, 15) is 9.18 Å². The number of carbonyl (C=O) groups excluding carboxylic acids is 1. The summed E-state index contributed by atoms with van der Waals surface area (Å²) >= 11 is 0. The van der Waals surface area contributed by atoms with E-state index < -0.39 is 0 Å². The first-order valence-corrected chi connectivity index (χ1v) is 11.8. The number of aromatic nitrogens is 4. The molecule has 1 aromatic carbocycles. The lowest BCUT2D eigenvalue weighted by Crippen LogP contribution is -2.13. The summed E-state index contributed by atoms with van der Waals surface area (Å²) in [4.78, 5) is 17.5. The number of allylic oxidation sites excluding steroid dienone is 4. The summed E-state index contributed by atoms with van der Waals surface area (Å²) in [6.07, 6.45) is 13.5. The van der Waals surface area contributed by atoms with Crippen LogP contribution in [0.2, 0.25) is 0 Å². The molecule has 0 saturated heterocycles. The topological polar surface area (TPSA) is 76.2 Å². The molecule has 3 heterocycles. The molecule has 0 radical (unpaired) electrons. The van der Waals surface area contributed by atoms with Gasteiger partial charge in [0.05, 0.1) is 23.8 Å². The molecular formula is C29H25FN6O. The minimum atomic E-state index is -0.362. The summed E-state index contributed by atoms with van der Waals surface area (Å²) in [7, 11) is 1.86. The molecule has 2 N–H and O–H groups in total. The van der Waals surface area contributed by atoms with Crippen LogP contribution in [0.3, 0.4) is 0 Å². The van der Waals surface area contributed by atoms with Gasteiger partial charge in [0.25, 0.3) is 5.91 Å². The second kappa shape index (κ2) is 9.99. The van der Waals surface area contributed by atoms with E-state index in [1.807, 2.05) is 55.1 Å². The number of carbonyl (C=O) groups is 1. The van der Waals surface area contributed by atoms with Crippen LogP contribution in [0, 0.1) is 24.6 Å². The average molecular weight is 493 g/mol. The highest BCUT2D eigenvalue weighted by molar-refractivity contribution is 6.06. The molecule has 0 bridgehead atoms. The number of pyridine rings is 1. The van der Waals surface area contributed by atoms with Gasteiger partial charge in [-0.25, -0.2) is 9.37 Å². The lowest BCUT2D eigenvalue weighted by Gasteiger charge is -2.07. The number of imidazole rings is 1. The van der Waals surface area contributed by atoms with E-state index in [0.717, 1.165) is 28.2 Å². The molecular weight excluding hydrogens is 467 g/mol. The number of amides is 1. The maximum absolute atomic E-state index is 13.9. The number of anilines is 3. The van der Waals surface area contributed by atoms with Crippen LogP contribution >= 0.6 is 0 Å². The molecule has 0 fully saturated rings. The Morgan fingerprint density at radius 1 is 1.11 bits per heavy atom. The van der Waals surface area contributed by atoms with Crippen molar-refractivity contribution in [2.75, 3.05) is 10.6 Å². The first kappa shape index (κ1) is 23.8. The summed E-state index contributed by atoms with van der Waals surface area (Å²) in [5, 5.41) is 10.3. The number of fused-ring (bicyclic) bond motifs is 1. The Morgan fingerprint density at radius 3 is 2.76 bits per heavy atom. The van der Waals surface area contributed by atoms with Gasteiger partial charge in [0, 0.05) is 36.3 Å². The number of hydrogen-bond acceptors (Lipinski definition) is 4. The van der Waals surface area contributed by atoms with Crippen molar-refractivity contribution < 1.29 is 9.18 Å². The monoisotopic (exact) mass is 492 g/mol. The van der Waals surface area contributed by atoms with Gasteiger partial charge < -0.3 is 10.6 Å². The molecule has 1 amide bonds. The molecule has 5 rings (SSSR count). The molecule has 3 aromatic heterocycles. The molecule has 4 aromatic rings. The van der Waals surface area contributed by atoms with Crippen molar-refractivity contribution in [2.24, 2.45) is 7.05 Å². The fourth-order valence-electron chi connectivity index (χ4n) is 3.94. The number of hydrogen-bond donors (Lipinski definition) is 2. The third-order valence-electron chi connectivity index (χ3n) is 6.02. The summed E-state index contributed by atoms with van der Waals surface area (Å²) in [5.41, 5.74) is 6.26. The van der Waals surface area contributed by atoms with Crippen molar-refractivity contribution in [3.8, 4) is 11.8 Å². The number of rotatable bonds is 4. The zero-order valence-corrected chi connectivity index (χ0v) is 20.7. The number of aryl methyl sites for hydroxylation is 2. The molecule has 0 unspecified atom stereocenters. The summed E-state index contributed by atoms with van der Waals surface area (Å²) in [6, 6.07) is 8.51. The van der Waals surface area contributed by atoms with Crippen molar-refractivity contribution in [2.45, 2.75) is 20.3 Å². The molecule has 0 aliphatic heterocycles. The van der Waals surface area contributed by atoms with E-state index in [2.05, 4.69) is 32.6 Å². The normalized spacial score (nSPS) is 13.1. The van der Waals surface area contributed by atoms with Crippen LogP contribution in [0.1, 0.15) is 24.6 Å². The Morgan fingerprint density at radius 2 is 1.97 bits per heavy atom. The van der Waals surface area contributed by atoms with Crippen molar-refractivity contribution >= 4 is 28.6 Å². The maximum Gasteiger partial charge on any atom is 0.255 e. The number of halogens is 1. The highest BCUT2D eigenvalue weighted by Crippen LogP contribution is 2.23. The Bertz CT molecular complexity index is 1680. The first-order chi connectivity index (χ1) is 17.9. The standard InChI is InChI=1S/C29H25FN6O/c1-19-6-4-7-22(29(37)34-23-11-9-20(2)26(30)15-23)14-21(19)10-12-25-17-31-28-27(8-5-13-36(25)28)33-24-16-32-35(3)18-24/h5-9,11,13-18,33H,4H2,1-3H3,(H,34,37). The van der Waals surface area contributed by atoms with Crippen LogP contribution in [0.5, 0.6) is 0 Å². The largest absolute Gasteiger partial charge is 0.350 e. The zero-order valence-electron chi connectivity index (χ0n) is 20.7. The van der Waals surface area contributed by atoms with Crippen LogP contribution in [-0.4, -0.2) is 25.1 Å². The second-order valence-electron chi connectivity index (χ2n) is 8.79. The van der Waals surface area contributed by atoms with Crippen molar-refractivity contribution in [1.82, 2.24) is 19.2 Å². The van der Waals surface area contributed by atoms with Crippen molar-refractivity contribution in [3.63, 3.8) is 0 Å². The van der Waals surface area contributed by atoms with E-state index in [-0.39, 0.29) is 11.7 Å². The van der Waals surface area contributed by atoms with Gasteiger partial charge in [-0.05, 0) is 67.7 Å².